The number of halogens is 2. The largest absolute Gasteiger partial charge is 0.452 e. The van der Waals surface area contributed by atoms with Crippen molar-refractivity contribution in [1.29, 1.82) is 0 Å². The fraction of sp³-hybridized carbons (Fsp3) is 0.133. The Morgan fingerprint density at radius 3 is 2.45 bits per heavy atom. The summed E-state index contributed by atoms with van der Waals surface area (Å²) < 4.78 is 31.7. The number of hydrogen-bond acceptors (Lipinski definition) is 3. The average molecular weight is 277 g/mol. The molecular formula is C15H13F2NO2. The molecule has 0 aromatic heterocycles. The van der Waals surface area contributed by atoms with Gasteiger partial charge >= 0.3 is 0 Å². The lowest BCUT2D eigenvalue weighted by Gasteiger charge is -2.12. The molecule has 2 aromatic carbocycles. The van der Waals surface area contributed by atoms with Crippen LogP contribution in [-0.2, 0) is 0 Å². The highest BCUT2D eigenvalue weighted by atomic mass is 19.1. The van der Waals surface area contributed by atoms with E-state index >= 15 is 0 Å². The molecule has 2 rings (SSSR count). The zero-order valence-corrected chi connectivity index (χ0v) is 11.0. The van der Waals surface area contributed by atoms with Crippen LogP contribution in [-0.4, -0.2) is 5.78 Å². The summed E-state index contributed by atoms with van der Waals surface area (Å²) in [5.41, 5.74) is 7.21. The molecule has 0 atom stereocenters. The normalized spacial score (nSPS) is 10.4. The van der Waals surface area contributed by atoms with Crippen LogP contribution in [0.4, 0.5) is 14.5 Å². The minimum Gasteiger partial charge on any atom is -0.452 e. The van der Waals surface area contributed by atoms with E-state index in [1.165, 1.54) is 13.0 Å². The van der Waals surface area contributed by atoms with E-state index in [-0.39, 0.29) is 23.0 Å². The van der Waals surface area contributed by atoms with Crippen LogP contribution in [0.2, 0.25) is 0 Å². The van der Waals surface area contributed by atoms with E-state index in [1.807, 2.05) is 0 Å². The maximum absolute atomic E-state index is 13.5. The lowest BCUT2D eigenvalue weighted by Crippen LogP contribution is -2.01. The van der Waals surface area contributed by atoms with E-state index < -0.39 is 11.6 Å². The minimum absolute atomic E-state index is 0.146. The molecule has 20 heavy (non-hydrogen) atoms. The second-order valence-electron chi connectivity index (χ2n) is 4.44. The summed E-state index contributed by atoms with van der Waals surface area (Å²) >= 11 is 0. The first-order valence-corrected chi connectivity index (χ1v) is 5.92. The Hall–Kier alpha value is -2.43. The number of hydrogen-bond donors (Lipinski definition) is 1. The van der Waals surface area contributed by atoms with Gasteiger partial charge in [-0.2, -0.15) is 0 Å². The van der Waals surface area contributed by atoms with Gasteiger partial charge in [0.2, 0.25) is 0 Å². The van der Waals surface area contributed by atoms with Crippen LogP contribution in [0.15, 0.2) is 30.3 Å². The highest BCUT2D eigenvalue weighted by molar-refractivity contribution is 5.96. The van der Waals surface area contributed by atoms with E-state index in [2.05, 4.69) is 0 Å². The molecular weight excluding hydrogens is 264 g/mol. The molecule has 3 nitrogen and oxygen atoms in total. The smallest absolute Gasteiger partial charge is 0.168 e. The molecule has 0 fully saturated rings. The van der Waals surface area contributed by atoms with Crippen LogP contribution in [0.1, 0.15) is 22.8 Å². The number of ether oxygens (including phenoxy) is 1. The van der Waals surface area contributed by atoms with Gasteiger partial charge in [0.25, 0.3) is 0 Å². The first kappa shape index (κ1) is 14.0. The van der Waals surface area contributed by atoms with Crippen LogP contribution in [0, 0.1) is 18.6 Å². The van der Waals surface area contributed by atoms with Gasteiger partial charge in [0.1, 0.15) is 5.82 Å². The molecule has 0 aliphatic heterocycles. The topological polar surface area (TPSA) is 52.3 Å². The summed E-state index contributed by atoms with van der Waals surface area (Å²) in [4.78, 5) is 11.5. The number of nitrogen functional groups attached to an aromatic ring is 1. The molecule has 0 radical (unpaired) electrons. The Balaban J connectivity index is 2.43. The van der Waals surface area contributed by atoms with Crippen molar-refractivity contribution in [2.75, 3.05) is 5.73 Å². The zero-order valence-electron chi connectivity index (χ0n) is 11.0. The Labute approximate surface area is 115 Å². The monoisotopic (exact) mass is 277 g/mol. The Morgan fingerprint density at radius 1 is 1.15 bits per heavy atom. The first-order chi connectivity index (χ1) is 9.38. The second kappa shape index (κ2) is 5.28. The van der Waals surface area contributed by atoms with Crippen molar-refractivity contribution < 1.29 is 18.3 Å². The van der Waals surface area contributed by atoms with E-state index in [1.54, 1.807) is 13.0 Å². The van der Waals surface area contributed by atoms with Gasteiger partial charge in [-0.1, -0.05) is 0 Å². The lowest BCUT2D eigenvalue weighted by molar-refractivity contribution is 0.101. The average Bonchev–Trinajstić information content (AvgIpc) is 2.35. The molecule has 2 N–H and O–H groups in total. The summed E-state index contributed by atoms with van der Waals surface area (Å²) in [5.74, 6) is -1.68. The molecule has 0 heterocycles. The van der Waals surface area contributed by atoms with Crippen LogP contribution in [0.3, 0.4) is 0 Å². The first-order valence-electron chi connectivity index (χ1n) is 5.92. The van der Waals surface area contributed by atoms with Crippen molar-refractivity contribution in [3.8, 4) is 11.5 Å². The molecule has 0 saturated carbocycles. The van der Waals surface area contributed by atoms with Gasteiger partial charge in [-0.05, 0) is 43.7 Å². The molecule has 0 aliphatic rings. The molecule has 0 aliphatic carbocycles. The number of anilines is 1. The van der Waals surface area contributed by atoms with Crippen LogP contribution < -0.4 is 10.5 Å². The van der Waals surface area contributed by atoms with E-state index in [0.717, 1.165) is 12.1 Å². The molecule has 0 bridgehead atoms. The van der Waals surface area contributed by atoms with Gasteiger partial charge in [-0.15, -0.1) is 0 Å². The SMILES string of the molecule is CC(=O)c1cc(Oc2ccc(F)cc2F)c(N)cc1C. The number of carbonyl (C=O) groups is 1. The number of Topliss-reactive ketones (excluding diaryl/α,β-unsaturated/α-hetero) is 1. The maximum atomic E-state index is 13.5. The highest BCUT2D eigenvalue weighted by Crippen LogP contribution is 2.32. The predicted octanol–water partition coefficient (Wildman–Crippen LogP) is 3.85. The standard InChI is InChI=1S/C15H13F2NO2/c1-8-5-13(18)15(7-11(8)9(2)19)20-14-4-3-10(16)6-12(14)17/h3-7H,18H2,1-2H3. The van der Waals surface area contributed by atoms with Gasteiger partial charge in [0.15, 0.2) is 23.1 Å². The summed E-state index contributed by atoms with van der Waals surface area (Å²) in [5, 5.41) is 0. The maximum Gasteiger partial charge on any atom is 0.168 e. The minimum atomic E-state index is -0.839. The summed E-state index contributed by atoms with van der Waals surface area (Å²) in [7, 11) is 0. The van der Waals surface area contributed by atoms with E-state index in [4.69, 9.17) is 10.5 Å². The van der Waals surface area contributed by atoms with Crippen LogP contribution >= 0.6 is 0 Å². The molecule has 0 amide bonds. The van der Waals surface area contributed by atoms with Gasteiger partial charge < -0.3 is 10.5 Å². The molecule has 104 valence electrons. The van der Waals surface area contributed by atoms with Crippen molar-refractivity contribution in [2.45, 2.75) is 13.8 Å². The fourth-order valence-electron chi connectivity index (χ4n) is 1.85. The number of benzene rings is 2. The molecule has 2 aromatic rings. The van der Waals surface area contributed by atoms with Crippen molar-refractivity contribution >= 4 is 11.5 Å². The number of aryl methyl sites for hydroxylation is 1. The van der Waals surface area contributed by atoms with Gasteiger partial charge in [-0.25, -0.2) is 8.78 Å². The number of carbonyl (C=O) groups excluding carboxylic acids is 1. The highest BCUT2D eigenvalue weighted by Gasteiger charge is 2.12. The molecule has 0 spiro atoms. The summed E-state index contributed by atoms with van der Waals surface area (Å²) in [6.45, 7) is 3.16. The Morgan fingerprint density at radius 2 is 1.85 bits per heavy atom. The Bertz CT molecular complexity index is 684. The predicted molar refractivity (Wildman–Crippen MR) is 72.0 cm³/mol. The van der Waals surface area contributed by atoms with Crippen LogP contribution in [0.5, 0.6) is 11.5 Å². The Kier molecular flexibility index (Phi) is 3.70. The number of ketones is 1. The van der Waals surface area contributed by atoms with Crippen LogP contribution in [0.25, 0.3) is 0 Å². The second-order valence-corrected chi connectivity index (χ2v) is 4.44. The summed E-state index contributed by atoms with van der Waals surface area (Å²) in [6.07, 6.45) is 0. The van der Waals surface area contributed by atoms with E-state index in [9.17, 15) is 13.6 Å². The van der Waals surface area contributed by atoms with Gasteiger partial charge in [0.05, 0.1) is 5.69 Å². The van der Waals surface area contributed by atoms with Crippen molar-refractivity contribution in [3.63, 3.8) is 0 Å². The number of rotatable bonds is 3. The molecule has 0 saturated heterocycles. The quantitative estimate of drug-likeness (QED) is 0.684. The van der Waals surface area contributed by atoms with E-state index in [0.29, 0.717) is 17.2 Å². The number of nitrogens with two attached hydrogens (primary N) is 1. The van der Waals surface area contributed by atoms with Gasteiger partial charge in [0, 0.05) is 11.6 Å². The summed E-state index contributed by atoms with van der Waals surface area (Å²) in [6, 6.07) is 5.99. The van der Waals surface area contributed by atoms with Gasteiger partial charge in [-0.3, -0.25) is 4.79 Å². The van der Waals surface area contributed by atoms with Crippen molar-refractivity contribution in [1.82, 2.24) is 0 Å². The molecule has 5 heteroatoms. The van der Waals surface area contributed by atoms with Crippen molar-refractivity contribution in [3.05, 3.63) is 53.1 Å². The molecule has 0 unspecified atom stereocenters. The third-order valence-corrected chi connectivity index (χ3v) is 2.85. The third kappa shape index (κ3) is 2.77. The fourth-order valence-corrected chi connectivity index (χ4v) is 1.85. The zero-order chi connectivity index (χ0) is 14.9. The van der Waals surface area contributed by atoms with Crippen molar-refractivity contribution in [2.24, 2.45) is 0 Å². The lowest BCUT2D eigenvalue weighted by atomic mass is 10.0. The third-order valence-electron chi connectivity index (χ3n) is 2.85.